The topological polar surface area (TPSA) is 59.8 Å². The van der Waals surface area contributed by atoms with Gasteiger partial charge >= 0.3 is 0 Å². The van der Waals surface area contributed by atoms with E-state index >= 15 is 0 Å². The molecule has 2 aromatic heterocycles. The van der Waals surface area contributed by atoms with Crippen LogP contribution in [0.2, 0.25) is 5.02 Å². The first kappa shape index (κ1) is 20.6. The number of para-hydroxylation sites is 1. The molecule has 5 nitrogen and oxygen atoms in total. The molecule has 7 heteroatoms. The number of nitrogens with one attached hydrogen (secondary N) is 1. The summed E-state index contributed by atoms with van der Waals surface area (Å²) in [5.41, 5.74) is 3.60. The van der Waals surface area contributed by atoms with Crippen molar-refractivity contribution in [1.82, 2.24) is 20.1 Å². The molecule has 0 saturated heterocycles. The monoisotopic (exact) mass is 438 g/mol. The first-order valence-corrected chi connectivity index (χ1v) is 11.2. The van der Waals surface area contributed by atoms with Crippen molar-refractivity contribution < 1.29 is 4.79 Å². The van der Waals surface area contributed by atoms with Crippen molar-refractivity contribution in [1.29, 1.82) is 0 Å². The molecule has 2 aromatic carbocycles. The molecule has 30 heavy (non-hydrogen) atoms. The van der Waals surface area contributed by atoms with Crippen LogP contribution in [0.4, 0.5) is 0 Å². The molecule has 0 spiro atoms. The third-order valence-corrected chi connectivity index (χ3v) is 6.34. The number of thiazole rings is 1. The van der Waals surface area contributed by atoms with Gasteiger partial charge in [0.15, 0.2) is 5.69 Å². The predicted octanol–water partition coefficient (Wildman–Crippen LogP) is 5.04. The fourth-order valence-electron chi connectivity index (χ4n) is 3.47. The van der Waals surface area contributed by atoms with Crippen LogP contribution in [0.25, 0.3) is 10.9 Å². The van der Waals surface area contributed by atoms with Crippen LogP contribution in [-0.4, -0.2) is 27.2 Å². The molecule has 0 aliphatic carbocycles. The third kappa shape index (κ3) is 4.40. The fraction of sp³-hybridized carbons (Fsp3) is 0.261. The highest BCUT2D eigenvalue weighted by Gasteiger charge is 2.17. The van der Waals surface area contributed by atoms with Crippen molar-refractivity contribution in [2.45, 2.75) is 33.2 Å². The van der Waals surface area contributed by atoms with Gasteiger partial charge in [-0.2, -0.15) is 5.10 Å². The molecule has 0 radical (unpaired) electrons. The molecule has 154 valence electrons. The lowest BCUT2D eigenvalue weighted by Gasteiger charge is -2.04. The summed E-state index contributed by atoms with van der Waals surface area (Å²) < 4.78 is 1.87. The van der Waals surface area contributed by atoms with Gasteiger partial charge in [-0.25, -0.2) is 4.98 Å². The van der Waals surface area contributed by atoms with Crippen LogP contribution in [0.1, 0.15) is 38.6 Å². The molecule has 0 saturated carbocycles. The van der Waals surface area contributed by atoms with E-state index in [0.29, 0.717) is 23.8 Å². The molecule has 2 heterocycles. The lowest BCUT2D eigenvalue weighted by Crippen LogP contribution is -2.26. The smallest absolute Gasteiger partial charge is 0.272 e. The van der Waals surface area contributed by atoms with Gasteiger partial charge in [-0.05, 0) is 37.1 Å². The summed E-state index contributed by atoms with van der Waals surface area (Å²) in [6.45, 7) is 5.31. The number of aromatic nitrogens is 3. The van der Waals surface area contributed by atoms with Gasteiger partial charge in [-0.3, -0.25) is 9.48 Å². The zero-order valence-corrected chi connectivity index (χ0v) is 18.6. The summed E-state index contributed by atoms with van der Waals surface area (Å²) in [5.74, 6) is -0.162. The van der Waals surface area contributed by atoms with E-state index in [4.69, 9.17) is 11.6 Å². The second-order valence-electron chi connectivity index (χ2n) is 7.12. The Balaban J connectivity index is 1.50. The van der Waals surface area contributed by atoms with Crippen molar-refractivity contribution in [2.75, 3.05) is 6.54 Å². The summed E-state index contributed by atoms with van der Waals surface area (Å²) in [7, 11) is 0. The van der Waals surface area contributed by atoms with Crippen molar-refractivity contribution in [3.63, 3.8) is 0 Å². The number of carbonyl (C=O) groups is 1. The molecule has 0 bridgehead atoms. The van der Waals surface area contributed by atoms with Gasteiger partial charge in [-0.15, -0.1) is 11.3 Å². The van der Waals surface area contributed by atoms with E-state index in [2.05, 4.69) is 29.2 Å². The molecule has 0 aliphatic rings. The Kier molecular flexibility index (Phi) is 6.16. The normalized spacial score (nSPS) is 11.2. The number of carbonyl (C=O) groups excluding carboxylic acids is 1. The van der Waals surface area contributed by atoms with Crippen LogP contribution in [0.5, 0.6) is 0 Å². The van der Waals surface area contributed by atoms with E-state index in [-0.39, 0.29) is 5.91 Å². The second kappa shape index (κ2) is 8.98. The van der Waals surface area contributed by atoms with E-state index in [1.165, 1.54) is 4.88 Å². The van der Waals surface area contributed by atoms with Gasteiger partial charge in [0.2, 0.25) is 0 Å². The molecule has 1 N–H and O–H groups in total. The Morgan fingerprint density at radius 1 is 1.17 bits per heavy atom. The minimum atomic E-state index is -0.162. The first-order valence-electron chi connectivity index (χ1n) is 9.98. The first-order chi connectivity index (χ1) is 14.5. The van der Waals surface area contributed by atoms with E-state index < -0.39 is 0 Å². The van der Waals surface area contributed by atoms with Gasteiger partial charge in [0, 0.05) is 28.3 Å². The predicted molar refractivity (Wildman–Crippen MR) is 123 cm³/mol. The number of nitrogens with zero attached hydrogens (tertiary/aromatic N) is 3. The number of hydrogen-bond donors (Lipinski definition) is 1. The molecule has 4 rings (SSSR count). The SMILES string of the molecule is CCc1nc(CCNC(=O)c2nn(Cc3ccc(Cl)cc3)c3ccccc23)sc1C. The van der Waals surface area contributed by atoms with Crippen LogP contribution >= 0.6 is 22.9 Å². The number of fused-ring (bicyclic) bond motifs is 1. The summed E-state index contributed by atoms with van der Waals surface area (Å²) in [6, 6.07) is 15.5. The average molecular weight is 439 g/mol. The van der Waals surface area contributed by atoms with Crippen LogP contribution in [0.3, 0.4) is 0 Å². The second-order valence-corrected chi connectivity index (χ2v) is 8.84. The molecule has 0 fully saturated rings. The average Bonchev–Trinajstić information content (AvgIpc) is 3.30. The maximum atomic E-state index is 12.9. The van der Waals surface area contributed by atoms with E-state index in [0.717, 1.165) is 40.0 Å². The Labute approximate surface area is 184 Å². The summed E-state index contributed by atoms with van der Waals surface area (Å²) in [6.07, 6.45) is 1.66. The Morgan fingerprint density at radius 2 is 1.93 bits per heavy atom. The number of hydrogen-bond acceptors (Lipinski definition) is 4. The molecular formula is C23H23ClN4OS. The molecular weight excluding hydrogens is 416 g/mol. The Morgan fingerprint density at radius 3 is 2.67 bits per heavy atom. The fourth-order valence-corrected chi connectivity index (χ4v) is 4.61. The largest absolute Gasteiger partial charge is 0.350 e. The molecule has 0 atom stereocenters. The number of aryl methyl sites for hydroxylation is 2. The van der Waals surface area contributed by atoms with E-state index in [1.54, 1.807) is 11.3 Å². The van der Waals surface area contributed by atoms with Crippen LogP contribution in [0.15, 0.2) is 48.5 Å². The molecule has 1 amide bonds. The highest BCUT2D eigenvalue weighted by molar-refractivity contribution is 7.11. The minimum Gasteiger partial charge on any atom is -0.350 e. The van der Waals surface area contributed by atoms with E-state index in [9.17, 15) is 4.79 Å². The molecule has 0 aliphatic heterocycles. The highest BCUT2D eigenvalue weighted by atomic mass is 35.5. The van der Waals surface area contributed by atoms with Crippen molar-refractivity contribution in [3.8, 4) is 0 Å². The summed E-state index contributed by atoms with van der Waals surface area (Å²) >= 11 is 7.69. The Bertz CT molecular complexity index is 1180. The number of benzene rings is 2. The van der Waals surface area contributed by atoms with Gasteiger partial charge < -0.3 is 5.32 Å². The van der Waals surface area contributed by atoms with Crippen LogP contribution in [0, 0.1) is 6.92 Å². The highest BCUT2D eigenvalue weighted by Crippen LogP contribution is 2.21. The quantitative estimate of drug-likeness (QED) is 0.439. The van der Waals surface area contributed by atoms with Crippen molar-refractivity contribution >= 4 is 39.7 Å². The van der Waals surface area contributed by atoms with E-state index in [1.807, 2.05) is 53.2 Å². The van der Waals surface area contributed by atoms with Gasteiger partial charge in [0.05, 0.1) is 22.8 Å². The third-order valence-electron chi connectivity index (χ3n) is 5.01. The lowest BCUT2D eigenvalue weighted by atomic mass is 10.2. The zero-order valence-electron chi connectivity index (χ0n) is 17.0. The maximum absolute atomic E-state index is 12.9. The lowest BCUT2D eigenvalue weighted by molar-refractivity contribution is 0.0950. The summed E-state index contributed by atoms with van der Waals surface area (Å²) in [4.78, 5) is 18.8. The number of amides is 1. The standard InChI is InChI=1S/C23H23ClN4OS/c1-3-19-15(2)30-21(26-19)12-13-25-23(29)22-18-6-4-5-7-20(18)28(27-22)14-16-8-10-17(24)11-9-16/h4-11H,3,12-14H2,1-2H3,(H,25,29). The van der Waals surface area contributed by atoms with Gasteiger partial charge in [-0.1, -0.05) is 48.9 Å². The molecule has 4 aromatic rings. The van der Waals surface area contributed by atoms with Crippen molar-refractivity contribution in [2.24, 2.45) is 0 Å². The summed E-state index contributed by atoms with van der Waals surface area (Å²) in [5, 5.41) is 10.2. The van der Waals surface area contributed by atoms with Crippen LogP contribution in [-0.2, 0) is 19.4 Å². The molecule has 0 unspecified atom stereocenters. The van der Waals surface area contributed by atoms with Gasteiger partial charge in [0.1, 0.15) is 0 Å². The van der Waals surface area contributed by atoms with Gasteiger partial charge in [0.25, 0.3) is 5.91 Å². The van der Waals surface area contributed by atoms with Crippen molar-refractivity contribution in [3.05, 3.63) is 80.4 Å². The zero-order chi connectivity index (χ0) is 21.1. The number of halogens is 1. The van der Waals surface area contributed by atoms with Crippen LogP contribution < -0.4 is 5.32 Å². The number of rotatable bonds is 7. The minimum absolute atomic E-state index is 0.162. The Hall–Kier alpha value is -2.70. The maximum Gasteiger partial charge on any atom is 0.272 e.